The van der Waals surface area contributed by atoms with Crippen LogP contribution in [-0.2, 0) is 42.8 Å². The van der Waals surface area contributed by atoms with Gasteiger partial charge in [-0.05, 0) is 34.6 Å². The molecule has 4 fully saturated rings. The lowest BCUT2D eigenvalue weighted by Crippen LogP contribution is -2.63. The fourth-order valence-electron chi connectivity index (χ4n) is 5.52. The first kappa shape index (κ1) is 24.7. The van der Waals surface area contributed by atoms with Gasteiger partial charge < -0.3 is 33.7 Å². The van der Waals surface area contributed by atoms with Crippen molar-refractivity contribution >= 4 is 23.9 Å². The van der Waals surface area contributed by atoms with Crippen molar-refractivity contribution in [3.05, 3.63) is 0 Å². The Morgan fingerprint density at radius 3 is 2.35 bits per heavy atom. The molecule has 190 valence electrons. The van der Waals surface area contributed by atoms with Crippen molar-refractivity contribution in [2.45, 2.75) is 88.4 Å². The van der Waals surface area contributed by atoms with Crippen LogP contribution in [0, 0.1) is 5.92 Å². The van der Waals surface area contributed by atoms with Crippen LogP contribution in [-0.4, -0.2) is 97.0 Å². The summed E-state index contributed by atoms with van der Waals surface area (Å²) in [5.74, 6) is -4.05. The molecule has 7 atom stereocenters. The van der Waals surface area contributed by atoms with Crippen molar-refractivity contribution < 1.29 is 47.6 Å². The van der Waals surface area contributed by atoms with Gasteiger partial charge in [-0.1, -0.05) is 0 Å². The number of carbonyl (C=O) groups excluding carboxylic acids is 4. The Balaban J connectivity index is 1.81. The molecule has 4 rings (SSSR count). The molecule has 0 aromatic heterocycles. The van der Waals surface area contributed by atoms with E-state index in [2.05, 4.69) is 5.32 Å². The smallest absolute Gasteiger partial charge is 0.410 e. The summed E-state index contributed by atoms with van der Waals surface area (Å²) in [5.41, 5.74) is -2.46. The van der Waals surface area contributed by atoms with Crippen molar-refractivity contribution in [1.29, 1.82) is 0 Å². The Bertz CT molecular complexity index is 899. The van der Waals surface area contributed by atoms with Gasteiger partial charge in [0, 0.05) is 0 Å². The Morgan fingerprint density at radius 1 is 1.09 bits per heavy atom. The van der Waals surface area contributed by atoms with Crippen LogP contribution in [0.5, 0.6) is 0 Å². The van der Waals surface area contributed by atoms with Gasteiger partial charge in [0.15, 0.2) is 11.8 Å². The Morgan fingerprint density at radius 2 is 1.76 bits per heavy atom. The van der Waals surface area contributed by atoms with Crippen LogP contribution in [0.15, 0.2) is 0 Å². The number of methoxy groups -OCH3 is 2. The summed E-state index contributed by atoms with van der Waals surface area (Å²) in [5, 5.41) is 2.60. The molecular weight excluding hydrogens is 452 g/mol. The van der Waals surface area contributed by atoms with Crippen molar-refractivity contribution in [2.75, 3.05) is 20.8 Å². The summed E-state index contributed by atoms with van der Waals surface area (Å²) < 4.78 is 33.9. The minimum Gasteiger partial charge on any atom is -0.469 e. The molecule has 12 heteroatoms. The van der Waals surface area contributed by atoms with Crippen molar-refractivity contribution in [3.8, 4) is 0 Å². The zero-order valence-electron chi connectivity index (χ0n) is 20.4. The van der Waals surface area contributed by atoms with Gasteiger partial charge in [-0.3, -0.25) is 14.5 Å². The number of nitrogens with zero attached hydrogens (tertiary/aromatic N) is 1. The quantitative estimate of drug-likeness (QED) is 0.434. The second-order valence-corrected chi connectivity index (χ2v) is 10.5. The lowest BCUT2D eigenvalue weighted by molar-refractivity contribution is -0.178. The molecule has 0 saturated carbocycles. The van der Waals surface area contributed by atoms with E-state index in [0.717, 1.165) is 0 Å². The first-order valence-electron chi connectivity index (χ1n) is 11.2. The monoisotopic (exact) mass is 484 g/mol. The van der Waals surface area contributed by atoms with Crippen LogP contribution in [0.3, 0.4) is 0 Å². The molecule has 2 amide bonds. The third-order valence-corrected chi connectivity index (χ3v) is 6.61. The molecule has 12 nitrogen and oxygen atoms in total. The van der Waals surface area contributed by atoms with Crippen LogP contribution in [0.4, 0.5) is 4.79 Å². The van der Waals surface area contributed by atoms with Gasteiger partial charge >= 0.3 is 18.0 Å². The number of hydrogen-bond donors (Lipinski definition) is 1. The lowest BCUT2D eigenvalue weighted by Gasteiger charge is -2.42. The van der Waals surface area contributed by atoms with Gasteiger partial charge in [0.2, 0.25) is 5.91 Å². The van der Waals surface area contributed by atoms with E-state index in [-0.39, 0.29) is 6.54 Å². The number of rotatable bonds is 3. The summed E-state index contributed by atoms with van der Waals surface area (Å²) >= 11 is 0. The summed E-state index contributed by atoms with van der Waals surface area (Å²) in [6.45, 7) is 8.75. The maximum absolute atomic E-state index is 13.3. The standard InChI is InChI=1S/C22H32N2O10/c1-20(2,3)34-19(28)24-9-10-14(32-21(4,5)31-10)15-13(24)12-17(26)23-16(18(27)30-7)22(12,33-15)8-11(25)29-6/h10,12-16H,8-9H2,1-7H3,(H,23,26)/t10-,12-,13+,14-,15-,16+,22-/m1/s1. The second-order valence-electron chi connectivity index (χ2n) is 10.5. The highest BCUT2D eigenvalue weighted by Gasteiger charge is 2.74. The summed E-state index contributed by atoms with van der Waals surface area (Å²) in [6.07, 6.45) is -3.17. The van der Waals surface area contributed by atoms with Gasteiger partial charge in [-0.2, -0.15) is 0 Å². The number of likely N-dealkylation sites (tertiary alicyclic amines) is 1. The molecule has 4 saturated heterocycles. The number of nitrogens with one attached hydrogen (secondary N) is 1. The van der Waals surface area contributed by atoms with Gasteiger partial charge in [0.25, 0.3) is 0 Å². The molecule has 0 spiro atoms. The summed E-state index contributed by atoms with van der Waals surface area (Å²) in [4.78, 5) is 53.1. The minimum absolute atomic E-state index is 0.0779. The number of hydrogen-bond acceptors (Lipinski definition) is 10. The third-order valence-electron chi connectivity index (χ3n) is 6.61. The van der Waals surface area contributed by atoms with Gasteiger partial charge in [0.05, 0.1) is 39.1 Å². The molecule has 4 aliphatic heterocycles. The molecule has 0 radical (unpaired) electrons. The first-order valence-corrected chi connectivity index (χ1v) is 11.2. The minimum atomic E-state index is -1.65. The normalized spacial score (nSPS) is 37.9. The molecule has 34 heavy (non-hydrogen) atoms. The highest BCUT2D eigenvalue weighted by atomic mass is 16.8. The molecule has 0 aromatic rings. The predicted octanol–water partition coefficient (Wildman–Crippen LogP) is 0.114. The van der Waals surface area contributed by atoms with Gasteiger partial charge in [-0.25, -0.2) is 9.59 Å². The number of ether oxygens (including phenoxy) is 6. The number of piperidine rings is 1. The Hall–Kier alpha value is -2.44. The topological polar surface area (TPSA) is 139 Å². The molecule has 0 aromatic carbocycles. The molecule has 0 bridgehead atoms. The number of esters is 2. The Kier molecular flexibility index (Phi) is 5.85. The predicted molar refractivity (Wildman–Crippen MR) is 112 cm³/mol. The molecular formula is C22H32N2O10. The fraction of sp³-hybridized carbons (Fsp3) is 0.818. The van der Waals surface area contributed by atoms with E-state index in [1.54, 1.807) is 34.6 Å². The lowest BCUT2D eigenvalue weighted by atomic mass is 9.77. The van der Waals surface area contributed by atoms with E-state index >= 15 is 0 Å². The van der Waals surface area contributed by atoms with Crippen LogP contribution in [0.25, 0.3) is 0 Å². The first-order chi connectivity index (χ1) is 15.7. The number of amides is 2. The van der Waals surface area contributed by atoms with Crippen LogP contribution >= 0.6 is 0 Å². The van der Waals surface area contributed by atoms with Gasteiger partial charge in [0.1, 0.15) is 29.5 Å². The molecule has 4 heterocycles. The van der Waals surface area contributed by atoms with Crippen LogP contribution < -0.4 is 5.32 Å². The van der Waals surface area contributed by atoms with E-state index in [9.17, 15) is 19.2 Å². The number of fused-ring (bicyclic) bond motifs is 5. The van der Waals surface area contributed by atoms with E-state index in [0.29, 0.717) is 0 Å². The molecule has 4 aliphatic rings. The average molecular weight is 485 g/mol. The zero-order valence-corrected chi connectivity index (χ0v) is 20.4. The maximum atomic E-state index is 13.3. The SMILES string of the molecule is COC(=O)C[C@@]12O[C@H]3[C@@H]4OC(C)(C)O[C@@H]4CN(C(=O)OC(C)(C)C)[C@H]3[C@@H]1C(=O)N[C@H]2C(=O)OC. The molecule has 0 unspecified atom stereocenters. The van der Waals surface area contributed by atoms with Crippen molar-refractivity contribution in [2.24, 2.45) is 5.92 Å². The van der Waals surface area contributed by atoms with Crippen molar-refractivity contribution in [1.82, 2.24) is 10.2 Å². The fourth-order valence-corrected chi connectivity index (χ4v) is 5.52. The molecule has 0 aliphatic carbocycles. The van der Waals surface area contributed by atoms with E-state index in [4.69, 9.17) is 28.4 Å². The highest BCUT2D eigenvalue weighted by Crippen LogP contribution is 2.53. The zero-order chi connectivity index (χ0) is 25.2. The van der Waals surface area contributed by atoms with E-state index < -0.39 is 83.7 Å². The van der Waals surface area contributed by atoms with Crippen LogP contribution in [0.2, 0.25) is 0 Å². The highest BCUT2D eigenvalue weighted by molar-refractivity contribution is 5.95. The Labute approximate surface area is 197 Å². The number of carbonyl (C=O) groups is 4. The average Bonchev–Trinajstić information content (AvgIpc) is 3.31. The summed E-state index contributed by atoms with van der Waals surface area (Å²) in [6, 6.07) is -2.16. The van der Waals surface area contributed by atoms with Crippen LogP contribution in [0.1, 0.15) is 41.0 Å². The summed E-state index contributed by atoms with van der Waals surface area (Å²) in [7, 11) is 2.38. The maximum Gasteiger partial charge on any atom is 0.410 e. The van der Waals surface area contributed by atoms with E-state index in [1.165, 1.54) is 19.1 Å². The largest absolute Gasteiger partial charge is 0.469 e. The van der Waals surface area contributed by atoms with E-state index in [1.807, 2.05) is 0 Å². The molecule has 1 N–H and O–H groups in total. The second kappa shape index (κ2) is 8.06. The van der Waals surface area contributed by atoms with Gasteiger partial charge in [-0.15, -0.1) is 0 Å². The third kappa shape index (κ3) is 3.91. The van der Waals surface area contributed by atoms with Crippen molar-refractivity contribution in [3.63, 3.8) is 0 Å².